The van der Waals surface area contributed by atoms with E-state index >= 15 is 0 Å². The molecule has 2 aromatic carbocycles. The lowest BCUT2D eigenvalue weighted by molar-refractivity contribution is -0.138. The predicted octanol–water partition coefficient (Wildman–Crippen LogP) is 5.20. The minimum Gasteiger partial charge on any atom is -0.354 e. The summed E-state index contributed by atoms with van der Waals surface area (Å²) in [6.07, 6.45) is -8.19. The van der Waals surface area contributed by atoms with Crippen molar-refractivity contribution in [2.45, 2.75) is 24.4 Å². The molecule has 31 heavy (non-hydrogen) atoms. The smallest absolute Gasteiger partial charge is 0.354 e. The van der Waals surface area contributed by atoms with Gasteiger partial charge in [0.25, 0.3) is 6.43 Å². The fourth-order valence-corrected chi connectivity index (χ4v) is 3.52. The van der Waals surface area contributed by atoms with Crippen molar-refractivity contribution in [3.05, 3.63) is 58.9 Å². The lowest BCUT2D eigenvalue weighted by atomic mass is 9.96. The second kappa shape index (κ2) is 7.64. The number of sulfonamides is 1. The number of rotatable bonds is 4. The highest BCUT2D eigenvalue weighted by molar-refractivity contribution is 7.89. The van der Waals surface area contributed by atoms with Crippen LogP contribution in [0.15, 0.2) is 39.8 Å². The number of aryl methyl sites for hydroxylation is 1. The Balaban J connectivity index is 2.32. The molecule has 3 rings (SSSR count). The molecule has 0 fully saturated rings. The first-order valence-electron chi connectivity index (χ1n) is 8.20. The molecular weight excluding hydrogens is 457 g/mol. The van der Waals surface area contributed by atoms with Crippen LogP contribution in [0.4, 0.5) is 30.7 Å². The van der Waals surface area contributed by atoms with Crippen LogP contribution in [0.5, 0.6) is 0 Å². The molecule has 0 aliphatic heterocycles. The Morgan fingerprint density at radius 3 is 2.26 bits per heavy atom. The number of hydrogen-bond acceptors (Lipinski definition) is 4. The molecule has 5 nitrogen and oxygen atoms in total. The van der Waals surface area contributed by atoms with E-state index in [1.165, 1.54) is 6.92 Å². The van der Waals surface area contributed by atoms with Crippen LogP contribution in [-0.4, -0.2) is 13.6 Å². The summed E-state index contributed by atoms with van der Waals surface area (Å²) >= 11 is 0. The first-order valence-corrected chi connectivity index (χ1v) is 9.74. The number of hydrogen-bond donors (Lipinski definition) is 1. The van der Waals surface area contributed by atoms with E-state index in [1.807, 2.05) is 0 Å². The van der Waals surface area contributed by atoms with Crippen LogP contribution >= 0.6 is 0 Å². The average Bonchev–Trinajstić information content (AvgIpc) is 3.07. The molecule has 0 atom stereocenters. The van der Waals surface area contributed by atoms with Gasteiger partial charge in [-0.25, -0.2) is 31.1 Å². The van der Waals surface area contributed by atoms with Crippen molar-refractivity contribution in [2.24, 2.45) is 5.14 Å². The largest absolute Gasteiger partial charge is 0.416 e. The van der Waals surface area contributed by atoms with Gasteiger partial charge in [0.2, 0.25) is 15.8 Å². The van der Waals surface area contributed by atoms with Gasteiger partial charge in [-0.15, -0.1) is 0 Å². The normalized spacial score (nSPS) is 12.6. The molecule has 0 bridgehead atoms. The summed E-state index contributed by atoms with van der Waals surface area (Å²) in [5.41, 5.74) is -3.99. The maximum absolute atomic E-state index is 14.6. The van der Waals surface area contributed by atoms with E-state index in [0.717, 1.165) is 12.1 Å². The van der Waals surface area contributed by atoms with Gasteiger partial charge < -0.3 is 4.52 Å². The third kappa shape index (κ3) is 4.28. The van der Waals surface area contributed by atoms with E-state index in [0.29, 0.717) is 6.07 Å². The Labute approximate surface area is 170 Å². The van der Waals surface area contributed by atoms with Crippen LogP contribution in [0.25, 0.3) is 22.4 Å². The van der Waals surface area contributed by atoms with Gasteiger partial charge in [0.05, 0.1) is 11.1 Å². The highest BCUT2D eigenvalue weighted by Crippen LogP contribution is 2.42. The predicted molar refractivity (Wildman–Crippen MR) is 93.4 cm³/mol. The van der Waals surface area contributed by atoms with Gasteiger partial charge in [0, 0.05) is 11.1 Å². The zero-order valence-corrected chi connectivity index (χ0v) is 16.1. The third-order valence-electron chi connectivity index (χ3n) is 4.33. The van der Waals surface area contributed by atoms with Gasteiger partial charge in [-0.3, -0.25) is 0 Å². The number of aromatic nitrogens is 1. The second-order valence-corrected chi connectivity index (χ2v) is 7.94. The summed E-state index contributed by atoms with van der Waals surface area (Å²) in [4.78, 5) is -1.24. The van der Waals surface area contributed by atoms with Crippen molar-refractivity contribution in [3.63, 3.8) is 0 Å². The van der Waals surface area contributed by atoms with Crippen LogP contribution in [0.2, 0.25) is 0 Å². The maximum Gasteiger partial charge on any atom is 0.416 e. The molecule has 0 aliphatic rings. The number of primary sulfonamides is 1. The molecule has 0 aliphatic carbocycles. The van der Waals surface area contributed by atoms with Gasteiger partial charge >= 0.3 is 6.18 Å². The summed E-state index contributed by atoms with van der Waals surface area (Å²) in [5.74, 6) is -4.29. The maximum atomic E-state index is 14.6. The van der Waals surface area contributed by atoms with Gasteiger partial charge in [-0.2, -0.15) is 13.2 Å². The SMILES string of the molecule is Cc1ccc(-c2noc(C(F)F)c2-c2cc(F)c(S(N)(=O)=O)cc2F)cc1C(F)(F)F. The van der Waals surface area contributed by atoms with E-state index in [1.54, 1.807) is 0 Å². The number of halogens is 7. The summed E-state index contributed by atoms with van der Waals surface area (Å²) in [6.45, 7) is 1.17. The standard InChI is InChI=1S/C18H11F7N2O3S/c1-7-2-3-8(4-10(7)18(23,24)25)15-14(16(17(21)22)30-27-15)9-5-12(20)13(6-11(9)19)31(26,28)29/h2-6,17H,1H3,(H2,26,28,29). The summed E-state index contributed by atoms with van der Waals surface area (Å²) in [6, 6.07) is 3.19. The van der Waals surface area contributed by atoms with E-state index in [-0.39, 0.29) is 23.3 Å². The van der Waals surface area contributed by atoms with Crippen molar-refractivity contribution in [2.75, 3.05) is 0 Å². The Hall–Kier alpha value is -2.93. The zero-order chi connectivity index (χ0) is 23.3. The second-order valence-electron chi connectivity index (χ2n) is 6.41. The van der Waals surface area contributed by atoms with E-state index in [4.69, 9.17) is 5.14 Å². The molecule has 1 aromatic heterocycles. The van der Waals surface area contributed by atoms with E-state index in [2.05, 4.69) is 9.68 Å². The molecule has 1 heterocycles. The molecule has 0 saturated carbocycles. The molecule has 0 amide bonds. The Morgan fingerprint density at radius 2 is 1.71 bits per heavy atom. The molecule has 2 N–H and O–H groups in total. The molecule has 0 unspecified atom stereocenters. The number of nitrogens with two attached hydrogens (primary N) is 1. The summed E-state index contributed by atoms with van der Waals surface area (Å²) < 4.78 is 123. The van der Waals surface area contributed by atoms with Crippen molar-refractivity contribution < 1.29 is 43.7 Å². The van der Waals surface area contributed by atoms with Crippen LogP contribution in [0.3, 0.4) is 0 Å². The molecule has 166 valence electrons. The summed E-state index contributed by atoms with van der Waals surface area (Å²) in [7, 11) is -4.68. The van der Waals surface area contributed by atoms with Gasteiger partial charge in [-0.1, -0.05) is 17.3 Å². The Bertz CT molecular complexity index is 1270. The fourth-order valence-electron chi connectivity index (χ4n) is 2.92. The lowest BCUT2D eigenvalue weighted by Gasteiger charge is -2.12. The van der Waals surface area contributed by atoms with Crippen LogP contribution in [0, 0.1) is 18.6 Å². The Kier molecular flexibility index (Phi) is 5.61. The van der Waals surface area contributed by atoms with E-state index in [9.17, 15) is 39.2 Å². The van der Waals surface area contributed by atoms with Crippen molar-refractivity contribution >= 4 is 10.0 Å². The van der Waals surface area contributed by atoms with Gasteiger partial charge in [0.1, 0.15) is 22.2 Å². The zero-order valence-electron chi connectivity index (χ0n) is 15.3. The minimum absolute atomic E-state index is 0.169. The van der Waals surface area contributed by atoms with Gasteiger partial charge in [-0.05, 0) is 30.7 Å². The number of alkyl halides is 5. The molecule has 13 heteroatoms. The van der Waals surface area contributed by atoms with E-state index < -0.39 is 67.3 Å². The lowest BCUT2D eigenvalue weighted by Crippen LogP contribution is -2.14. The Morgan fingerprint density at radius 1 is 1.06 bits per heavy atom. The van der Waals surface area contributed by atoms with Crippen molar-refractivity contribution in [3.8, 4) is 22.4 Å². The number of benzene rings is 2. The van der Waals surface area contributed by atoms with Crippen LogP contribution < -0.4 is 5.14 Å². The quantitative estimate of drug-likeness (QED) is 0.534. The fraction of sp³-hybridized carbons (Fsp3) is 0.167. The number of nitrogens with zero attached hydrogens (tertiary/aromatic N) is 1. The highest BCUT2D eigenvalue weighted by atomic mass is 32.2. The third-order valence-corrected chi connectivity index (χ3v) is 5.26. The van der Waals surface area contributed by atoms with Crippen LogP contribution in [0.1, 0.15) is 23.3 Å². The van der Waals surface area contributed by atoms with Crippen molar-refractivity contribution in [1.82, 2.24) is 5.16 Å². The monoisotopic (exact) mass is 468 g/mol. The average molecular weight is 468 g/mol. The van der Waals surface area contributed by atoms with Crippen molar-refractivity contribution in [1.29, 1.82) is 0 Å². The highest BCUT2D eigenvalue weighted by Gasteiger charge is 2.34. The summed E-state index contributed by atoms with van der Waals surface area (Å²) in [5, 5.41) is 8.10. The molecule has 0 spiro atoms. The van der Waals surface area contributed by atoms with Crippen LogP contribution in [-0.2, 0) is 16.2 Å². The van der Waals surface area contributed by atoms with Gasteiger partial charge in [0.15, 0.2) is 0 Å². The molecule has 3 aromatic rings. The topological polar surface area (TPSA) is 86.2 Å². The molecule has 0 saturated heterocycles. The molecular formula is C18H11F7N2O3S. The molecule has 0 radical (unpaired) electrons. The first kappa shape index (κ1) is 22.7. The minimum atomic E-state index is -4.79. The first-order chi connectivity index (χ1) is 14.2.